The molecular formula is C18H27NO3. The van der Waals surface area contributed by atoms with Crippen LogP contribution in [0.2, 0.25) is 0 Å². The lowest BCUT2D eigenvalue weighted by atomic mass is 9.77. The van der Waals surface area contributed by atoms with Crippen LogP contribution in [0.4, 0.5) is 5.69 Å². The number of nitrogens with zero attached hydrogens (tertiary/aromatic N) is 1. The first kappa shape index (κ1) is 16.7. The van der Waals surface area contributed by atoms with Gasteiger partial charge in [0.05, 0.1) is 14.2 Å². The Morgan fingerprint density at radius 2 is 1.95 bits per heavy atom. The SMILES string of the molecule is COC(=O)C(C)(C)N1c2cc(OC)ccc2C(C)CC1(C)C. The molecule has 4 heteroatoms. The van der Waals surface area contributed by atoms with E-state index in [1.54, 1.807) is 7.11 Å². The third kappa shape index (κ3) is 2.55. The topological polar surface area (TPSA) is 38.8 Å². The standard InChI is InChI=1S/C18H27NO3/c1-12-11-17(2,3)19(18(4,5)16(20)22-7)15-10-13(21-6)8-9-14(12)15/h8-10,12H,11H2,1-7H3. The number of rotatable bonds is 3. The van der Waals surface area contributed by atoms with Crippen molar-refractivity contribution in [3.8, 4) is 5.75 Å². The van der Waals surface area contributed by atoms with Crippen molar-refractivity contribution in [2.45, 2.75) is 58.0 Å². The molecule has 1 aliphatic rings. The van der Waals surface area contributed by atoms with Crippen LogP contribution in [0, 0.1) is 0 Å². The largest absolute Gasteiger partial charge is 0.497 e. The van der Waals surface area contributed by atoms with E-state index in [9.17, 15) is 4.79 Å². The molecular weight excluding hydrogens is 278 g/mol. The quantitative estimate of drug-likeness (QED) is 0.797. The third-order valence-electron chi connectivity index (χ3n) is 4.66. The molecule has 1 aliphatic heterocycles. The van der Waals surface area contributed by atoms with Crippen LogP contribution in [0.1, 0.15) is 52.5 Å². The minimum Gasteiger partial charge on any atom is -0.497 e. The van der Waals surface area contributed by atoms with Gasteiger partial charge in [-0.15, -0.1) is 0 Å². The van der Waals surface area contributed by atoms with Gasteiger partial charge in [0, 0.05) is 17.3 Å². The molecule has 0 radical (unpaired) electrons. The highest BCUT2D eigenvalue weighted by Gasteiger charge is 2.47. The second kappa shape index (κ2) is 5.49. The lowest BCUT2D eigenvalue weighted by Gasteiger charge is -2.53. The summed E-state index contributed by atoms with van der Waals surface area (Å²) < 4.78 is 10.4. The van der Waals surface area contributed by atoms with Crippen LogP contribution < -0.4 is 9.64 Å². The first-order chi connectivity index (χ1) is 10.1. The van der Waals surface area contributed by atoms with Crippen molar-refractivity contribution in [2.24, 2.45) is 0 Å². The molecule has 0 spiro atoms. The predicted octanol–water partition coefficient (Wildman–Crippen LogP) is 3.74. The number of hydrogen-bond donors (Lipinski definition) is 0. The Morgan fingerprint density at radius 3 is 2.50 bits per heavy atom. The lowest BCUT2D eigenvalue weighted by molar-refractivity contribution is -0.146. The minimum absolute atomic E-state index is 0.156. The normalized spacial score (nSPS) is 20.3. The van der Waals surface area contributed by atoms with Crippen molar-refractivity contribution >= 4 is 11.7 Å². The van der Waals surface area contributed by atoms with E-state index in [4.69, 9.17) is 9.47 Å². The van der Waals surface area contributed by atoms with Gasteiger partial charge < -0.3 is 14.4 Å². The highest BCUT2D eigenvalue weighted by atomic mass is 16.5. The summed E-state index contributed by atoms with van der Waals surface area (Å²) in [6.45, 7) is 10.4. The lowest BCUT2D eigenvalue weighted by Crippen LogP contribution is -2.62. The summed E-state index contributed by atoms with van der Waals surface area (Å²) >= 11 is 0. The number of benzene rings is 1. The number of anilines is 1. The maximum Gasteiger partial charge on any atom is 0.331 e. The fourth-order valence-electron chi connectivity index (χ4n) is 3.94. The van der Waals surface area contributed by atoms with Crippen LogP contribution in [0.5, 0.6) is 5.75 Å². The molecule has 0 aliphatic carbocycles. The van der Waals surface area contributed by atoms with Gasteiger partial charge in [0.2, 0.25) is 0 Å². The molecule has 0 aromatic heterocycles. The van der Waals surface area contributed by atoms with Gasteiger partial charge in [-0.1, -0.05) is 13.0 Å². The zero-order chi connectivity index (χ0) is 16.7. The molecule has 4 nitrogen and oxygen atoms in total. The smallest absolute Gasteiger partial charge is 0.331 e. The van der Waals surface area contributed by atoms with Gasteiger partial charge in [-0.2, -0.15) is 0 Å². The highest BCUT2D eigenvalue weighted by Crippen LogP contribution is 2.48. The number of fused-ring (bicyclic) bond motifs is 1. The maximum absolute atomic E-state index is 12.4. The Labute approximate surface area is 133 Å². The molecule has 1 aromatic rings. The van der Waals surface area contributed by atoms with E-state index in [1.807, 2.05) is 26.0 Å². The van der Waals surface area contributed by atoms with E-state index in [0.29, 0.717) is 5.92 Å². The van der Waals surface area contributed by atoms with E-state index in [-0.39, 0.29) is 11.5 Å². The molecule has 0 fully saturated rings. The summed E-state index contributed by atoms with van der Waals surface area (Å²) in [5.41, 5.74) is 1.39. The number of hydrogen-bond acceptors (Lipinski definition) is 4. The maximum atomic E-state index is 12.4. The second-order valence-corrected chi connectivity index (χ2v) is 7.23. The summed E-state index contributed by atoms with van der Waals surface area (Å²) in [5.74, 6) is 0.999. The Morgan fingerprint density at radius 1 is 1.32 bits per heavy atom. The molecule has 1 aromatic carbocycles. The van der Waals surface area contributed by atoms with E-state index >= 15 is 0 Å². The van der Waals surface area contributed by atoms with Gasteiger partial charge in [-0.25, -0.2) is 4.79 Å². The summed E-state index contributed by atoms with van der Waals surface area (Å²) in [5, 5.41) is 0. The molecule has 0 amide bonds. The number of ether oxygens (including phenoxy) is 2. The van der Waals surface area contributed by atoms with Crippen molar-refractivity contribution in [3.05, 3.63) is 23.8 Å². The van der Waals surface area contributed by atoms with Crippen LogP contribution in [-0.4, -0.2) is 31.3 Å². The van der Waals surface area contributed by atoms with Gasteiger partial charge in [-0.05, 0) is 51.7 Å². The van der Waals surface area contributed by atoms with E-state index in [2.05, 4.69) is 31.7 Å². The van der Waals surface area contributed by atoms with Gasteiger partial charge in [0.25, 0.3) is 0 Å². The number of methoxy groups -OCH3 is 2. The molecule has 2 rings (SSSR count). The molecule has 1 unspecified atom stereocenters. The first-order valence-corrected chi connectivity index (χ1v) is 7.72. The van der Waals surface area contributed by atoms with Gasteiger partial charge in [0.15, 0.2) is 0 Å². The van der Waals surface area contributed by atoms with Crippen LogP contribution in [0.25, 0.3) is 0 Å². The Hall–Kier alpha value is -1.71. The minimum atomic E-state index is -0.750. The number of esters is 1. The molecule has 122 valence electrons. The zero-order valence-electron chi connectivity index (χ0n) is 14.7. The fourth-order valence-corrected chi connectivity index (χ4v) is 3.94. The van der Waals surface area contributed by atoms with Crippen molar-refractivity contribution < 1.29 is 14.3 Å². The molecule has 0 bridgehead atoms. The average Bonchev–Trinajstić information content (AvgIpc) is 2.44. The second-order valence-electron chi connectivity index (χ2n) is 7.23. The molecule has 1 atom stereocenters. The Kier molecular flexibility index (Phi) is 4.16. The van der Waals surface area contributed by atoms with E-state index in [1.165, 1.54) is 12.7 Å². The predicted molar refractivity (Wildman–Crippen MR) is 88.7 cm³/mol. The van der Waals surface area contributed by atoms with Crippen molar-refractivity contribution in [2.75, 3.05) is 19.1 Å². The average molecular weight is 305 g/mol. The van der Waals surface area contributed by atoms with E-state index in [0.717, 1.165) is 17.9 Å². The monoisotopic (exact) mass is 305 g/mol. The van der Waals surface area contributed by atoms with Crippen LogP contribution >= 0.6 is 0 Å². The van der Waals surface area contributed by atoms with Gasteiger partial charge >= 0.3 is 5.97 Å². The first-order valence-electron chi connectivity index (χ1n) is 7.72. The Bertz CT molecular complexity index is 578. The molecule has 0 saturated heterocycles. The fraction of sp³-hybridized carbons (Fsp3) is 0.611. The summed E-state index contributed by atoms with van der Waals surface area (Å²) in [6, 6.07) is 6.11. The highest BCUT2D eigenvalue weighted by molar-refractivity contribution is 5.86. The molecule has 22 heavy (non-hydrogen) atoms. The Balaban J connectivity index is 2.66. The van der Waals surface area contributed by atoms with Gasteiger partial charge in [0.1, 0.15) is 11.3 Å². The van der Waals surface area contributed by atoms with Crippen LogP contribution in [0.3, 0.4) is 0 Å². The van der Waals surface area contributed by atoms with Crippen molar-refractivity contribution in [3.63, 3.8) is 0 Å². The number of carbonyl (C=O) groups is 1. The zero-order valence-corrected chi connectivity index (χ0v) is 14.7. The van der Waals surface area contributed by atoms with Gasteiger partial charge in [-0.3, -0.25) is 0 Å². The van der Waals surface area contributed by atoms with Crippen LogP contribution in [0.15, 0.2) is 18.2 Å². The van der Waals surface area contributed by atoms with E-state index < -0.39 is 5.54 Å². The third-order valence-corrected chi connectivity index (χ3v) is 4.66. The van der Waals surface area contributed by atoms with Crippen molar-refractivity contribution in [1.82, 2.24) is 0 Å². The summed E-state index contributed by atoms with van der Waals surface area (Å²) in [7, 11) is 3.10. The van der Waals surface area contributed by atoms with Crippen molar-refractivity contribution in [1.29, 1.82) is 0 Å². The summed E-state index contributed by atoms with van der Waals surface area (Å²) in [4.78, 5) is 14.6. The van der Waals surface area contributed by atoms with Crippen LogP contribution in [-0.2, 0) is 9.53 Å². The number of carbonyl (C=O) groups excluding carboxylic acids is 1. The summed E-state index contributed by atoms with van der Waals surface area (Å²) in [6.07, 6.45) is 0.979. The molecule has 1 heterocycles. The molecule has 0 saturated carbocycles. The molecule has 0 N–H and O–H groups in total.